The minimum absolute atomic E-state index is 0.00175. The molecule has 29 heavy (non-hydrogen) atoms. The minimum atomic E-state index is -0.838. The molecule has 0 saturated carbocycles. The van der Waals surface area contributed by atoms with Gasteiger partial charge in [0.25, 0.3) is 11.8 Å². The van der Waals surface area contributed by atoms with Crippen LogP contribution in [0.3, 0.4) is 0 Å². The fraction of sp³-hybridized carbons (Fsp3) is 0.350. The topological polar surface area (TPSA) is 97.0 Å². The van der Waals surface area contributed by atoms with Gasteiger partial charge in [0.2, 0.25) is 12.0 Å². The smallest absolute Gasteiger partial charge is 0.283 e. The molecular formula is C20H21N3O5S. The van der Waals surface area contributed by atoms with Gasteiger partial charge in [-0.25, -0.2) is 0 Å². The van der Waals surface area contributed by atoms with E-state index >= 15 is 0 Å². The maximum absolute atomic E-state index is 12.4. The highest BCUT2D eigenvalue weighted by atomic mass is 32.1. The van der Waals surface area contributed by atoms with E-state index in [9.17, 15) is 14.4 Å². The third-order valence-corrected chi connectivity index (χ3v) is 5.85. The van der Waals surface area contributed by atoms with E-state index in [4.69, 9.17) is 9.47 Å². The van der Waals surface area contributed by atoms with Gasteiger partial charge < -0.3 is 14.4 Å². The van der Waals surface area contributed by atoms with E-state index in [1.54, 1.807) is 29.2 Å². The van der Waals surface area contributed by atoms with Crippen LogP contribution in [-0.2, 0) is 9.59 Å². The Kier molecular flexibility index (Phi) is 5.66. The summed E-state index contributed by atoms with van der Waals surface area (Å²) in [5.41, 5.74) is 4.88. The van der Waals surface area contributed by atoms with Gasteiger partial charge in [-0.3, -0.25) is 25.2 Å². The molecule has 4 rings (SSSR count). The van der Waals surface area contributed by atoms with Gasteiger partial charge in [-0.1, -0.05) is 18.2 Å². The summed E-state index contributed by atoms with van der Waals surface area (Å²) in [5, 5.41) is 1.87. The van der Waals surface area contributed by atoms with Gasteiger partial charge in [0.15, 0.2) is 11.5 Å². The number of hydrogen-bond acceptors (Lipinski definition) is 6. The van der Waals surface area contributed by atoms with Crippen molar-refractivity contribution in [2.24, 2.45) is 5.92 Å². The summed E-state index contributed by atoms with van der Waals surface area (Å²) in [6.45, 7) is 1.10. The SMILES string of the molecule is O=C(NNC(=O)C1COc2ccccc2O1)C1CCN(C(=O)c2cccs2)CC1. The van der Waals surface area contributed by atoms with Crippen LogP contribution in [0.25, 0.3) is 0 Å². The fourth-order valence-electron chi connectivity index (χ4n) is 3.36. The molecule has 152 valence electrons. The van der Waals surface area contributed by atoms with Gasteiger partial charge in [0, 0.05) is 19.0 Å². The van der Waals surface area contributed by atoms with Gasteiger partial charge >= 0.3 is 0 Å². The number of piperidine rings is 1. The average Bonchev–Trinajstić information content (AvgIpc) is 3.31. The molecule has 8 nitrogen and oxygen atoms in total. The fourth-order valence-corrected chi connectivity index (χ4v) is 4.05. The van der Waals surface area contributed by atoms with Crippen LogP contribution < -0.4 is 20.3 Å². The summed E-state index contributed by atoms with van der Waals surface area (Å²) in [7, 11) is 0. The molecule has 0 bridgehead atoms. The first-order chi connectivity index (χ1) is 14.1. The molecule has 3 amide bonds. The van der Waals surface area contributed by atoms with Crippen molar-refractivity contribution in [3.63, 3.8) is 0 Å². The number of ether oxygens (including phenoxy) is 2. The number of hydrogen-bond donors (Lipinski definition) is 2. The lowest BCUT2D eigenvalue weighted by molar-refractivity contribution is -0.136. The Labute approximate surface area is 171 Å². The Balaban J connectivity index is 1.22. The van der Waals surface area contributed by atoms with E-state index in [-0.39, 0.29) is 24.3 Å². The molecule has 9 heteroatoms. The number of likely N-dealkylation sites (tertiary alicyclic amines) is 1. The summed E-state index contributed by atoms with van der Waals surface area (Å²) < 4.78 is 11.1. The molecule has 2 aliphatic heterocycles. The van der Waals surface area contributed by atoms with E-state index in [0.717, 1.165) is 0 Å². The summed E-state index contributed by atoms with van der Waals surface area (Å²) in [6, 6.07) is 10.7. The number of amides is 3. The number of benzene rings is 1. The third-order valence-electron chi connectivity index (χ3n) is 4.99. The van der Waals surface area contributed by atoms with Crippen molar-refractivity contribution in [1.29, 1.82) is 0 Å². The molecule has 3 heterocycles. The van der Waals surface area contributed by atoms with Gasteiger partial charge in [-0.05, 0) is 36.4 Å². The Morgan fingerprint density at radius 3 is 2.41 bits per heavy atom. The molecule has 1 saturated heterocycles. The lowest BCUT2D eigenvalue weighted by atomic mass is 9.96. The quantitative estimate of drug-likeness (QED) is 0.742. The number of carbonyl (C=O) groups is 3. The predicted octanol–water partition coefficient (Wildman–Crippen LogP) is 1.59. The Morgan fingerprint density at radius 1 is 0.966 bits per heavy atom. The van der Waals surface area contributed by atoms with Gasteiger partial charge in [0.05, 0.1) is 4.88 Å². The monoisotopic (exact) mass is 415 g/mol. The Bertz CT molecular complexity index is 893. The van der Waals surface area contributed by atoms with Crippen LogP contribution in [0.2, 0.25) is 0 Å². The highest BCUT2D eigenvalue weighted by Gasteiger charge is 2.30. The van der Waals surface area contributed by atoms with Crippen LogP contribution in [0.15, 0.2) is 41.8 Å². The molecule has 0 radical (unpaired) electrons. The number of fused-ring (bicyclic) bond motifs is 1. The van der Waals surface area contributed by atoms with Crippen molar-refractivity contribution < 1.29 is 23.9 Å². The average molecular weight is 415 g/mol. The maximum Gasteiger partial charge on any atom is 0.283 e. The third kappa shape index (κ3) is 4.34. The zero-order valence-electron chi connectivity index (χ0n) is 15.6. The number of rotatable bonds is 3. The molecule has 0 aliphatic carbocycles. The summed E-state index contributed by atoms with van der Waals surface area (Å²) in [4.78, 5) is 39.5. The zero-order chi connectivity index (χ0) is 20.2. The molecule has 1 fully saturated rings. The Morgan fingerprint density at radius 2 is 1.69 bits per heavy atom. The summed E-state index contributed by atoms with van der Waals surface area (Å²) in [5.74, 6) is 0.0862. The van der Waals surface area contributed by atoms with Crippen LogP contribution in [0.5, 0.6) is 11.5 Å². The van der Waals surface area contributed by atoms with Crippen LogP contribution in [0.1, 0.15) is 22.5 Å². The number of nitrogens with zero attached hydrogens (tertiary/aromatic N) is 1. The normalized spacial score (nSPS) is 18.8. The molecule has 2 aliphatic rings. The molecule has 1 aromatic heterocycles. The molecule has 1 aromatic carbocycles. The van der Waals surface area contributed by atoms with E-state index in [2.05, 4.69) is 10.9 Å². The van der Waals surface area contributed by atoms with Crippen LogP contribution in [0.4, 0.5) is 0 Å². The summed E-state index contributed by atoms with van der Waals surface area (Å²) >= 11 is 1.41. The van der Waals surface area contributed by atoms with E-state index in [1.165, 1.54) is 11.3 Å². The highest BCUT2D eigenvalue weighted by Crippen LogP contribution is 2.30. The maximum atomic E-state index is 12.4. The van der Waals surface area contributed by atoms with Crippen molar-refractivity contribution in [3.8, 4) is 11.5 Å². The van der Waals surface area contributed by atoms with Crippen molar-refractivity contribution in [1.82, 2.24) is 15.8 Å². The van der Waals surface area contributed by atoms with Crippen LogP contribution in [0, 0.1) is 5.92 Å². The number of hydrazine groups is 1. The van der Waals surface area contributed by atoms with Crippen molar-refractivity contribution in [2.45, 2.75) is 18.9 Å². The van der Waals surface area contributed by atoms with Crippen molar-refractivity contribution in [3.05, 3.63) is 46.7 Å². The first-order valence-corrected chi connectivity index (χ1v) is 10.3. The van der Waals surface area contributed by atoms with Gasteiger partial charge in [-0.2, -0.15) is 0 Å². The first kappa shape index (κ1) is 19.3. The van der Waals surface area contributed by atoms with Crippen LogP contribution in [-0.4, -0.2) is 48.4 Å². The molecule has 1 atom stereocenters. The highest BCUT2D eigenvalue weighted by molar-refractivity contribution is 7.12. The zero-order valence-corrected chi connectivity index (χ0v) is 16.4. The van der Waals surface area contributed by atoms with E-state index < -0.39 is 12.0 Å². The first-order valence-electron chi connectivity index (χ1n) is 9.43. The number of thiophene rings is 1. The van der Waals surface area contributed by atoms with E-state index in [0.29, 0.717) is 42.3 Å². The number of nitrogens with one attached hydrogen (secondary N) is 2. The van der Waals surface area contributed by atoms with E-state index in [1.807, 2.05) is 17.5 Å². The largest absolute Gasteiger partial charge is 0.485 e. The van der Waals surface area contributed by atoms with Crippen molar-refractivity contribution in [2.75, 3.05) is 19.7 Å². The van der Waals surface area contributed by atoms with Gasteiger partial charge in [0.1, 0.15) is 6.61 Å². The second-order valence-electron chi connectivity index (χ2n) is 6.89. The predicted molar refractivity (Wildman–Crippen MR) is 106 cm³/mol. The van der Waals surface area contributed by atoms with Crippen LogP contribution >= 0.6 is 11.3 Å². The molecular weight excluding hydrogens is 394 g/mol. The molecule has 0 spiro atoms. The molecule has 1 unspecified atom stereocenters. The second-order valence-corrected chi connectivity index (χ2v) is 7.83. The number of para-hydroxylation sites is 2. The van der Waals surface area contributed by atoms with Crippen molar-refractivity contribution >= 4 is 29.1 Å². The van der Waals surface area contributed by atoms with Gasteiger partial charge in [-0.15, -0.1) is 11.3 Å². The molecule has 2 aromatic rings. The second kappa shape index (κ2) is 8.52. The standard InChI is InChI=1S/C20H21N3O5S/c24-18(13-7-9-23(10-8-13)20(26)17-6-3-11-29-17)21-22-19(25)16-12-27-14-4-1-2-5-15(14)28-16/h1-6,11,13,16H,7-10,12H2,(H,21,24)(H,22,25). The number of carbonyl (C=O) groups excluding carboxylic acids is 3. The summed E-state index contributed by atoms with van der Waals surface area (Å²) in [6.07, 6.45) is 0.264. The lowest BCUT2D eigenvalue weighted by Gasteiger charge is -2.31. The minimum Gasteiger partial charge on any atom is -0.485 e. The molecule has 2 N–H and O–H groups in total. The Hall–Kier alpha value is -3.07. The lowest BCUT2D eigenvalue weighted by Crippen LogP contribution is -2.53.